The average molecular weight is 481 g/mol. The maximum Gasteiger partial charge on any atom is 0.248 e. The molecule has 1 amide bonds. The Hall–Kier alpha value is -3.28. The van der Waals surface area contributed by atoms with Crippen molar-refractivity contribution >= 4 is 17.4 Å². The van der Waals surface area contributed by atoms with E-state index >= 15 is 0 Å². The first-order valence-corrected chi connectivity index (χ1v) is 11.9. The number of nitrogens with zero attached hydrogens (tertiary/aromatic N) is 1. The van der Waals surface area contributed by atoms with Gasteiger partial charge in [-0.2, -0.15) is 0 Å². The number of phenolic OH excluding ortho intramolecular Hbond substituents is 1. The quantitative estimate of drug-likeness (QED) is 0.417. The van der Waals surface area contributed by atoms with Crippen molar-refractivity contribution in [1.29, 1.82) is 0 Å². The fraction of sp³-hybridized carbons (Fsp3) is 0.481. The number of nitrogens with two attached hydrogens (primary N) is 1. The first-order valence-electron chi connectivity index (χ1n) is 11.9. The van der Waals surface area contributed by atoms with Crippen LogP contribution in [0.4, 0.5) is 0 Å². The van der Waals surface area contributed by atoms with Crippen LogP contribution in [0.15, 0.2) is 29.0 Å². The summed E-state index contributed by atoms with van der Waals surface area (Å²) >= 11 is 0. The highest BCUT2D eigenvalue weighted by molar-refractivity contribution is 6.10. The van der Waals surface area contributed by atoms with Gasteiger partial charge in [0.15, 0.2) is 5.78 Å². The Bertz CT molecular complexity index is 1230. The molecular weight excluding hydrogens is 448 g/mol. The molecule has 3 aliphatic carbocycles. The molecule has 0 radical (unpaired) electrons. The topological polar surface area (TPSA) is 144 Å². The molecule has 6 N–H and O–H groups in total. The van der Waals surface area contributed by atoms with Crippen molar-refractivity contribution in [3.63, 3.8) is 0 Å². The SMILES string of the molecule is CCC(C)C#Cc1ccc(O)c2c1CC1CC3C(N(C)C)C(O)=C(C(N)=O)CC3(O)C(=O)C1=C2O. The molecule has 8 heteroatoms. The summed E-state index contributed by atoms with van der Waals surface area (Å²) in [4.78, 5) is 27.5. The normalized spacial score (nSPS) is 28.6. The minimum absolute atomic E-state index is 0.0290. The number of ketones is 1. The molecule has 4 rings (SSSR count). The molecule has 0 saturated heterocycles. The van der Waals surface area contributed by atoms with Gasteiger partial charge in [-0.25, -0.2) is 0 Å². The molecule has 8 nitrogen and oxygen atoms in total. The molecule has 3 aliphatic rings. The molecule has 1 fully saturated rings. The van der Waals surface area contributed by atoms with E-state index in [0.29, 0.717) is 17.5 Å². The lowest BCUT2D eigenvalue weighted by Crippen LogP contribution is -2.62. The van der Waals surface area contributed by atoms with Crippen molar-refractivity contribution in [1.82, 2.24) is 4.90 Å². The van der Waals surface area contributed by atoms with Gasteiger partial charge in [-0.15, -0.1) is 0 Å². The number of hydrogen-bond donors (Lipinski definition) is 5. The molecule has 0 aromatic heterocycles. The summed E-state index contributed by atoms with van der Waals surface area (Å²) < 4.78 is 0. The summed E-state index contributed by atoms with van der Waals surface area (Å²) in [6.45, 7) is 4.06. The number of likely N-dealkylation sites (N-methyl/N-ethyl adjacent to an activating group) is 1. The number of amides is 1. The number of carbonyl (C=O) groups excluding carboxylic acids is 2. The molecule has 186 valence electrons. The number of aromatic hydroxyl groups is 1. The van der Waals surface area contributed by atoms with Crippen LogP contribution in [0, 0.1) is 29.6 Å². The zero-order chi connectivity index (χ0) is 25.8. The molecule has 1 saturated carbocycles. The average Bonchev–Trinajstić information content (AvgIpc) is 2.79. The van der Waals surface area contributed by atoms with E-state index in [1.54, 1.807) is 25.1 Å². The molecule has 35 heavy (non-hydrogen) atoms. The fourth-order valence-corrected chi connectivity index (χ4v) is 5.75. The van der Waals surface area contributed by atoms with Crippen LogP contribution in [0.3, 0.4) is 0 Å². The highest BCUT2D eigenvalue weighted by Crippen LogP contribution is 2.53. The van der Waals surface area contributed by atoms with E-state index in [9.17, 15) is 30.0 Å². The second kappa shape index (κ2) is 8.74. The lowest BCUT2D eigenvalue weighted by molar-refractivity contribution is -0.151. The van der Waals surface area contributed by atoms with Crippen molar-refractivity contribution in [2.45, 2.75) is 51.2 Å². The Kier molecular flexibility index (Phi) is 6.20. The Morgan fingerprint density at radius 2 is 1.97 bits per heavy atom. The second-order valence-electron chi connectivity index (χ2n) is 10.1. The number of benzene rings is 1. The molecule has 5 unspecified atom stereocenters. The van der Waals surface area contributed by atoms with E-state index in [-0.39, 0.29) is 46.3 Å². The smallest absolute Gasteiger partial charge is 0.248 e. The van der Waals surface area contributed by atoms with Crippen LogP contribution in [0.25, 0.3) is 5.76 Å². The number of aliphatic hydroxyl groups is 3. The van der Waals surface area contributed by atoms with E-state index in [1.807, 2.05) is 13.8 Å². The summed E-state index contributed by atoms with van der Waals surface area (Å²) in [6, 6.07) is 2.34. The third-order valence-electron chi connectivity index (χ3n) is 7.77. The number of fused-ring (bicyclic) bond motifs is 3. The molecule has 0 aliphatic heterocycles. The second-order valence-corrected chi connectivity index (χ2v) is 10.1. The Balaban J connectivity index is 1.88. The van der Waals surface area contributed by atoms with Crippen LogP contribution in [-0.2, 0) is 16.0 Å². The number of Topliss-reactive ketones (excluding diaryl/α,β-unsaturated/α-hetero) is 1. The highest BCUT2D eigenvalue weighted by Gasteiger charge is 2.60. The van der Waals surface area contributed by atoms with Crippen LogP contribution < -0.4 is 5.73 Å². The Morgan fingerprint density at radius 3 is 2.57 bits per heavy atom. The number of carbonyl (C=O) groups is 2. The largest absolute Gasteiger partial charge is 0.510 e. The molecule has 0 spiro atoms. The summed E-state index contributed by atoms with van der Waals surface area (Å²) in [5, 5.41) is 44.3. The monoisotopic (exact) mass is 480 g/mol. The first-order chi connectivity index (χ1) is 16.4. The lowest BCUT2D eigenvalue weighted by Gasteiger charge is -2.51. The van der Waals surface area contributed by atoms with Gasteiger partial charge in [0, 0.05) is 29.4 Å². The van der Waals surface area contributed by atoms with Gasteiger partial charge in [0.2, 0.25) is 5.91 Å². The third kappa shape index (κ3) is 3.79. The molecule has 1 aromatic carbocycles. The van der Waals surface area contributed by atoms with Crippen molar-refractivity contribution in [2.24, 2.45) is 23.5 Å². The standard InChI is InChI=1S/C27H32N2O6/c1-5-13(2)6-7-14-8-9-19(30)21-16(14)10-15-11-18-22(29(3)4)23(31)17(26(28)34)12-27(18,35)25(33)20(15)24(21)32/h8-9,13,15,18,22,30-32,35H,5,10-12H2,1-4H3,(H2,28,34). The van der Waals surface area contributed by atoms with Crippen LogP contribution >= 0.6 is 0 Å². The number of aliphatic hydroxyl groups excluding tert-OH is 2. The molecule has 1 aromatic rings. The van der Waals surface area contributed by atoms with Crippen molar-refractivity contribution in [3.05, 3.63) is 45.7 Å². The highest BCUT2D eigenvalue weighted by atomic mass is 16.3. The zero-order valence-electron chi connectivity index (χ0n) is 20.4. The van der Waals surface area contributed by atoms with Gasteiger partial charge >= 0.3 is 0 Å². The lowest BCUT2D eigenvalue weighted by atomic mass is 9.57. The van der Waals surface area contributed by atoms with Crippen LogP contribution in [0.1, 0.15) is 49.8 Å². The number of primary amides is 1. The number of hydrogen-bond acceptors (Lipinski definition) is 7. The molecule has 0 bridgehead atoms. The molecule has 5 atom stereocenters. The molecular formula is C27H32N2O6. The summed E-state index contributed by atoms with van der Waals surface area (Å²) in [5.74, 6) is 2.90. The maximum atomic E-state index is 13.8. The first kappa shape index (κ1) is 24.8. The van der Waals surface area contributed by atoms with Gasteiger partial charge in [0.05, 0.1) is 17.2 Å². The van der Waals surface area contributed by atoms with Gasteiger partial charge < -0.3 is 26.2 Å². The van der Waals surface area contributed by atoms with E-state index in [0.717, 1.165) is 6.42 Å². The van der Waals surface area contributed by atoms with E-state index in [4.69, 9.17) is 5.73 Å². The predicted molar refractivity (Wildman–Crippen MR) is 130 cm³/mol. The minimum Gasteiger partial charge on any atom is -0.510 e. The van der Waals surface area contributed by atoms with Gasteiger partial charge in [0.25, 0.3) is 0 Å². The Morgan fingerprint density at radius 1 is 1.29 bits per heavy atom. The minimum atomic E-state index is -2.04. The van der Waals surface area contributed by atoms with Gasteiger partial charge in [-0.3, -0.25) is 14.5 Å². The van der Waals surface area contributed by atoms with E-state index < -0.39 is 41.6 Å². The zero-order valence-corrected chi connectivity index (χ0v) is 20.4. The van der Waals surface area contributed by atoms with Crippen LogP contribution in [0.5, 0.6) is 5.75 Å². The van der Waals surface area contributed by atoms with Crippen molar-refractivity contribution in [2.75, 3.05) is 14.1 Å². The van der Waals surface area contributed by atoms with E-state index in [2.05, 4.69) is 11.8 Å². The summed E-state index contributed by atoms with van der Waals surface area (Å²) in [7, 11) is 3.38. The van der Waals surface area contributed by atoms with Crippen molar-refractivity contribution < 1.29 is 30.0 Å². The van der Waals surface area contributed by atoms with Gasteiger partial charge in [-0.1, -0.05) is 25.7 Å². The van der Waals surface area contributed by atoms with Crippen LogP contribution in [0.2, 0.25) is 0 Å². The fourth-order valence-electron chi connectivity index (χ4n) is 5.75. The number of rotatable bonds is 3. The van der Waals surface area contributed by atoms with Gasteiger partial charge in [0.1, 0.15) is 22.9 Å². The van der Waals surface area contributed by atoms with Gasteiger partial charge in [-0.05, 0) is 57.0 Å². The maximum absolute atomic E-state index is 13.8. The third-order valence-corrected chi connectivity index (χ3v) is 7.77. The van der Waals surface area contributed by atoms with Crippen molar-refractivity contribution in [3.8, 4) is 17.6 Å². The predicted octanol–water partition coefficient (Wildman–Crippen LogP) is 2.18. The summed E-state index contributed by atoms with van der Waals surface area (Å²) in [6.07, 6.45) is 1.05. The van der Waals surface area contributed by atoms with E-state index in [1.165, 1.54) is 6.07 Å². The Labute approximate surface area is 204 Å². The number of phenols is 1. The summed E-state index contributed by atoms with van der Waals surface area (Å²) in [5.41, 5.74) is 4.73. The van der Waals surface area contributed by atoms with Crippen LogP contribution in [-0.4, -0.2) is 62.8 Å². The molecule has 0 heterocycles.